The monoisotopic (exact) mass is 323 g/mol. The van der Waals surface area contributed by atoms with Crippen LogP contribution in [0.2, 0.25) is 0 Å². The number of morpholine rings is 1. The van der Waals surface area contributed by atoms with E-state index >= 15 is 0 Å². The Morgan fingerprint density at radius 3 is 2.39 bits per heavy atom. The number of carboxylic acid groups (broad SMARTS) is 1. The summed E-state index contributed by atoms with van der Waals surface area (Å²) in [7, 11) is 0. The summed E-state index contributed by atoms with van der Waals surface area (Å²) in [5.41, 5.74) is -0.250. The lowest BCUT2D eigenvalue weighted by molar-refractivity contribution is -0.133. The van der Waals surface area contributed by atoms with E-state index < -0.39 is 17.8 Å². The van der Waals surface area contributed by atoms with Gasteiger partial charge in [0.15, 0.2) is 0 Å². The fraction of sp³-hybridized carbons (Fsp3) is 0.400. The van der Waals surface area contributed by atoms with Crippen molar-refractivity contribution in [3.8, 4) is 0 Å². The summed E-state index contributed by atoms with van der Waals surface area (Å²) in [6, 6.07) is 0. The zero-order chi connectivity index (χ0) is 17.4. The molecule has 1 saturated heterocycles. The van der Waals surface area contributed by atoms with Gasteiger partial charge in [0.2, 0.25) is 0 Å². The molecule has 0 aromatic heterocycles. The number of nitrogens with one attached hydrogen (secondary N) is 1. The Kier molecular flexibility index (Phi) is 7.17. The predicted octanol–water partition coefficient (Wildman–Crippen LogP) is -0.439. The molecule has 0 aromatic carbocycles. The lowest BCUT2D eigenvalue weighted by atomic mass is 10.3. The molecule has 1 fully saturated rings. The molecule has 0 unspecified atom stereocenters. The average molecular weight is 323 g/mol. The van der Waals surface area contributed by atoms with Crippen molar-refractivity contribution >= 4 is 17.8 Å². The smallest absolute Gasteiger partial charge is 0.332 e. The molecule has 8 heteroatoms. The van der Waals surface area contributed by atoms with Crippen LogP contribution in [0.3, 0.4) is 0 Å². The molecule has 126 valence electrons. The molecule has 0 spiro atoms. The van der Waals surface area contributed by atoms with Gasteiger partial charge in [-0.25, -0.2) is 4.79 Å². The molecule has 8 nitrogen and oxygen atoms in total. The minimum Gasteiger partial charge on any atom is -0.478 e. The Bertz CT molecular complexity index is 523. The molecule has 0 atom stereocenters. The van der Waals surface area contributed by atoms with Gasteiger partial charge in [0, 0.05) is 25.2 Å². The van der Waals surface area contributed by atoms with E-state index in [1.54, 1.807) is 0 Å². The summed E-state index contributed by atoms with van der Waals surface area (Å²) in [5.74, 6) is -2.31. The first kappa shape index (κ1) is 18.6. The molecule has 23 heavy (non-hydrogen) atoms. The van der Waals surface area contributed by atoms with Crippen LogP contribution in [0.25, 0.3) is 0 Å². The summed E-state index contributed by atoms with van der Waals surface area (Å²) in [6.45, 7) is 12.7. The normalized spacial score (nSPS) is 14.6. The van der Waals surface area contributed by atoms with E-state index in [4.69, 9.17) is 9.84 Å². The Labute approximate surface area is 134 Å². The van der Waals surface area contributed by atoms with Crippen LogP contribution in [0.5, 0.6) is 0 Å². The van der Waals surface area contributed by atoms with Gasteiger partial charge in [0.1, 0.15) is 5.70 Å². The standard InChI is InChI=1S/C15H21N3O5/c1-4-13(19)18(10-17-5-7-23-8-6-17)12(3)14(20)16-9-11(2)15(21)22/h4H,1-3,5-10H2,(H,16,20)(H,21,22). The van der Waals surface area contributed by atoms with Crippen molar-refractivity contribution in [1.29, 1.82) is 0 Å². The number of ether oxygens (including phenoxy) is 1. The van der Waals surface area contributed by atoms with E-state index in [1.807, 2.05) is 4.90 Å². The predicted molar refractivity (Wildman–Crippen MR) is 83.2 cm³/mol. The van der Waals surface area contributed by atoms with E-state index in [-0.39, 0.29) is 24.5 Å². The molecule has 2 amide bonds. The number of hydrogen-bond acceptors (Lipinski definition) is 5. The fourth-order valence-electron chi connectivity index (χ4n) is 1.83. The topological polar surface area (TPSA) is 99.2 Å². The summed E-state index contributed by atoms with van der Waals surface area (Å²) in [5, 5.41) is 11.1. The highest BCUT2D eigenvalue weighted by Gasteiger charge is 2.23. The average Bonchev–Trinajstić information content (AvgIpc) is 2.56. The molecular formula is C15H21N3O5. The van der Waals surface area contributed by atoms with Gasteiger partial charge in [-0.3, -0.25) is 19.4 Å². The first-order valence-corrected chi connectivity index (χ1v) is 6.99. The third-order valence-electron chi connectivity index (χ3n) is 3.24. The largest absolute Gasteiger partial charge is 0.478 e. The molecule has 1 heterocycles. The van der Waals surface area contributed by atoms with Crippen molar-refractivity contribution < 1.29 is 24.2 Å². The minimum atomic E-state index is -1.21. The molecule has 0 aliphatic carbocycles. The summed E-state index contributed by atoms with van der Waals surface area (Å²) < 4.78 is 5.23. The Morgan fingerprint density at radius 2 is 1.87 bits per heavy atom. The highest BCUT2D eigenvalue weighted by Crippen LogP contribution is 2.08. The molecule has 0 saturated carbocycles. The number of rotatable bonds is 8. The molecule has 0 bridgehead atoms. The zero-order valence-corrected chi connectivity index (χ0v) is 12.9. The summed E-state index contributed by atoms with van der Waals surface area (Å²) >= 11 is 0. The Balaban J connectivity index is 2.68. The number of carbonyl (C=O) groups excluding carboxylic acids is 2. The van der Waals surface area contributed by atoms with Crippen LogP contribution in [0.4, 0.5) is 0 Å². The van der Waals surface area contributed by atoms with Crippen LogP contribution >= 0.6 is 0 Å². The second-order valence-electron chi connectivity index (χ2n) is 4.88. The zero-order valence-electron chi connectivity index (χ0n) is 12.9. The molecule has 0 radical (unpaired) electrons. The van der Waals surface area contributed by atoms with Gasteiger partial charge >= 0.3 is 5.97 Å². The van der Waals surface area contributed by atoms with E-state index in [9.17, 15) is 14.4 Å². The molecule has 2 N–H and O–H groups in total. The first-order valence-electron chi connectivity index (χ1n) is 6.99. The third kappa shape index (κ3) is 5.68. The van der Waals surface area contributed by atoms with Crippen LogP contribution in [0.15, 0.2) is 37.1 Å². The number of nitrogens with zero attached hydrogens (tertiary/aromatic N) is 2. The molecule has 1 aliphatic rings. The number of carboxylic acids is 1. The molecule has 1 aliphatic heterocycles. The van der Waals surface area contributed by atoms with Crippen LogP contribution in [-0.2, 0) is 19.1 Å². The van der Waals surface area contributed by atoms with Crippen molar-refractivity contribution in [3.05, 3.63) is 37.1 Å². The van der Waals surface area contributed by atoms with Crippen LogP contribution in [-0.4, -0.2) is 72.2 Å². The maximum Gasteiger partial charge on any atom is 0.332 e. The Hall–Kier alpha value is -2.45. The van der Waals surface area contributed by atoms with Crippen molar-refractivity contribution in [2.75, 3.05) is 39.5 Å². The highest BCUT2D eigenvalue weighted by atomic mass is 16.5. The third-order valence-corrected chi connectivity index (χ3v) is 3.24. The van der Waals surface area contributed by atoms with E-state index in [0.717, 1.165) is 6.08 Å². The summed E-state index contributed by atoms with van der Waals surface area (Å²) in [4.78, 5) is 37.8. The second-order valence-corrected chi connectivity index (χ2v) is 4.88. The Morgan fingerprint density at radius 1 is 1.26 bits per heavy atom. The van der Waals surface area contributed by atoms with Crippen molar-refractivity contribution in [2.45, 2.75) is 0 Å². The van der Waals surface area contributed by atoms with E-state index in [2.05, 4.69) is 25.1 Å². The molecule has 0 aromatic rings. The van der Waals surface area contributed by atoms with Gasteiger partial charge in [-0.2, -0.15) is 0 Å². The van der Waals surface area contributed by atoms with Gasteiger partial charge in [0.05, 0.1) is 19.9 Å². The number of hydrogen-bond donors (Lipinski definition) is 2. The van der Waals surface area contributed by atoms with Crippen molar-refractivity contribution in [3.63, 3.8) is 0 Å². The lowest BCUT2D eigenvalue weighted by Crippen LogP contribution is -2.47. The first-order chi connectivity index (χ1) is 10.9. The van der Waals surface area contributed by atoms with E-state index in [1.165, 1.54) is 4.90 Å². The number of aliphatic carboxylic acids is 1. The van der Waals surface area contributed by atoms with Gasteiger partial charge in [-0.05, 0) is 6.08 Å². The maximum absolute atomic E-state index is 12.1. The highest BCUT2D eigenvalue weighted by molar-refractivity contribution is 6.00. The van der Waals surface area contributed by atoms with Gasteiger partial charge < -0.3 is 15.2 Å². The van der Waals surface area contributed by atoms with Crippen molar-refractivity contribution in [2.24, 2.45) is 0 Å². The second kappa shape index (κ2) is 8.86. The fourth-order valence-corrected chi connectivity index (χ4v) is 1.83. The van der Waals surface area contributed by atoms with Gasteiger partial charge in [-0.15, -0.1) is 0 Å². The molecular weight excluding hydrogens is 302 g/mol. The van der Waals surface area contributed by atoms with Crippen LogP contribution in [0.1, 0.15) is 0 Å². The van der Waals surface area contributed by atoms with E-state index in [0.29, 0.717) is 26.3 Å². The van der Waals surface area contributed by atoms with Gasteiger partial charge in [0.25, 0.3) is 11.8 Å². The number of amides is 2. The quantitative estimate of drug-likeness (QED) is 0.588. The van der Waals surface area contributed by atoms with Crippen LogP contribution in [0, 0.1) is 0 Å². The summed E-state index contributed by atoms with van der Waals surface area (Å²) in [6.07, 6.45) is 1.09. The number of carbonyl (C=O) groups is 3. The van der Waals surface area contributed by atoms with Crippen LogP contribution < -0.4 is 5.32 Å². The van der Waals surface area contributed by atoms with Crippen molar-refractivity contribution in [1.82, 2.24) is 15.1 Å². The minimum absolute atomic E-state index is 0.0837. The lowest BCUT2D eigenvalue weighted by Gasteiger charge is -2.32. The molecule has 1 rings (SSSR count). The SMILES string of the molecule is C=CC(=O)N(CN1CCOCC1)C(=C)C(=O)NCC(=C)C(=O)O. The maximum atomic E-state index is 12.1. The van der Waals surface area contributed by atoms with Gasteiger partial charge in [-0.1, -0.05) is 19.7 Å².